The molecule has 1 aliphatic heterocycles. The predicted octanol–water partition coefficient (Wildman–Crippen LogP) is 4.08. The number of nitrogens with zero attached hydrogens (tertiary/aromatic N) is 3. The van der Waals surface area contributed by atoms with Crippen molar-refractivity contribution in [1.29, 1.82) is 0 Å². The van der Waals surface area contributed by atoms with E-state index in [1.807, 2.05) is 48.1 Å². The summed E-state index contributed by atoms with van der Waals surface area (Å²) >= 11 is 0. The second kappa shape index (κ2) is 9.92. The van der Waals surface area contributed by atoms with Crippen molar-refractivity contribution in [1.82, 2.24) is 14.7 Å². The Kier molecular flexibility index (Phi) is 7.31. The van der Waals surface area contributed by atoms with E-state index in [4.69, 9.17) is 9.47 Å². The van der Waals surface area contributed by atoms with E-state index in [0.717, 1.165) is 31.7 Å². The van der Waals surface area contributed by atoms with Crippen LogP contribution < -0.4 is 4.74 Å². The summed E-state index contributed by atoms with van der Waals surface area (Å²) in [5.41, 5.74) is 0.663. The minimum absolute atomic E-state index is 0.0979. The Hall–Kier alpha value is -2.34. The minimum atomic E-state index is -0.517. The lowest BCUT2D eigenvalue weighted by molar-refractivity contribution is -0.160. The van der Waals surface area contributed by atoms with Crippen molar-refractivity contribution in [3.05, 3.63) is 48.3 Å². The van der Waals surface area contributed by atoms with Crippen LogP contribution >= 0.6 is 0 Å². The van der Waals surface area contributed by atoms with Crippen LogP contribution in [0.4, 0.5) is 0 Å². The number of piperidine rings is 1. The zero-order chi connectivity index (χ0) is 20.7. The quantitative estimate of drug-likeness (QED) is 0.595. The SMILES string of the molecule is CCOC(=O)[C@]1(CCOc2ccccc2)CCCN(Cc2cnn(C(C)C)c2)C1. The number of esters is 1. The molecule has 1 atom stereocenters. The molecule has 1 saturated heterocycles. The second-order valence-electron chi connectivity index (χ2n) is 8.15. The van der Waals surface area contributed by atoms with Gasteiger partial charge in [-0.15, -0.1) is 0 Å². The fraction of sp³-hybridized carbons (Fsp3) is 0.565. The average Bonchev–Trinajstić information content (AvgIpc) is 3.18. The van der Waals surface area contributed by atoms with Crippen LogP contribution in [-0.4, -0.2) is 47.0 Å². The van der Waals surface area contributed by atoms with E-state index in [1.54, 1.807) is 0 Å². The molecule has 2 aromatic rings. The highest BCUT2D eigenvalue weighted by Gasteiger charge is 2.43. The molecule has 0 saturated carbocycles. The Balaban J connectivity index is 1.66. The molecule has 1 aliphatic rings. The average molecular weight is 400 g/mol. The standard InChI is InChI=1S/C23H33N3O3/c1-4-28-22(27)23(12-14-29-21-9-6-5-7-10-21)11-8-13-25(18-23)16-20-15-24-26(17-20)19(2)3/h5-7,9-10,15,17,19H,4,8,11-14,16,18H2,1-3H3/t23-/m0/s1. The monoisotopic (exact) mass is 399 g/mol. The first-order valence-electron chi connectivity index (χ1n) is 10.6. The van der Waals surface area contributed by atoms with Crippen LogP contribution in [0, 0.1) is 5.41 Å². The van der Waals surface area contributed by atoms with Crippen LogP contribution in [0.2, 0.25) is 0 Å². The molecule has 158 valence electrons. The lowest BCUT2D eigenvalue weighted by atomic mass is 9.77. The normalized spacial score (nSPS) is 20.0. The van der Waals surface area contributed by atoms with Gasteiger partial charge >= 0.3 is 5.97 Å². The number of para-hydroxylation sites is 1. The number of ether oxygens (including phenoxy) is 2. The summed E-state index contributed by atoms with van der Waals surface area (Å²) in [7, 11) is 0. The summed E-state index contributed by atoms with van der Waals surface area (Å²) in [5, 5.41) is 4.44. The molecule has 1 aromatic heterocycles. The molecule has 0 bridgehead atoms. The third-order valence-corrected chi connectivity index (χ3v) is 5.55. The van der Waals surface area contributed by atoms with Crippen molar-refractivity contribution in [3.63, 3.8) is 0 Å². The summed E-state index contributed by atoms with van der Waals surface area (Å²) in [6.07, 6.45) is 6.50. The van der Waals surface area contributed by atoms with Gasteiger partial charge in [0.1, 0.15) is 5.75 Å². The van der Waals surface area contributed by atoms with Crippen molar-refractivity contribution >= 4 is 5.97 Å². The molecular weight excluding hydrogens is 366 g/mol. The van der Waals surface area contributed by atoms with Gasteiger partial charge in [0, 0.05) is 30.9 Å². The molecule has 3 rings (SSSR count). The van der Waals surface area contributed by atoms with E-state index in [0.29, 0.717) is 32.2 Å². The first-order chi connectivity index (χ1) is 14.0. The van der Waals surface area contributed by atoms with Crippen LogP contribution in [0.25, 0.3) is 0 Å². The van der Waals surface area contributed by atoms with E-state index in [2.05, 4.69) is 30.0 Å². The fourth-order valence-electron chi connectivity index (χ4n) is 4.00. The maximum atomic E-state index is 12.9. The fourth-order valence-corrected chi connectivity index (χ4v) is 4.00. The van der Waals surface area contributed by atoms with Crippen LogP contribution in [0.5, 0.6) is 5.75 Å². The number of carbonyl (C=O) groups excluding carboxylic acids is 1. The predicted molar refractivity (Wildman–Crippen MR) is 113 cm³/mol. The summed E-state index contributed by atoms with van der Waals surface area (Å²) in [5.74, 6) is 0.736. The van der Waals surface area contributed by atoms with E-state index >= 15 is 0 Å². The van der Waals surface area contributed by atoms with E-state index in [9.17, 15) is 4.79 Å². The Morgan fingerprint density at radius 1 is 1.28 bits per heavy atom. The highest BCUT2D eigenvalue weighted by atomic mass is 16.5. The first kappa shape index (κ1) is 21.4. The van der Waals surface area contributed by atoms with Crippen molar-refractivity contribution in [2.75, 3.05) is 26.3 Å². The lowest BCUT2D eigenvalue weighted by Gasteiger charge is -2.40. The maximum absolute atomic E-state index is 12.9. The minimum Gasteiger partial charge on any atom is -0.494 e. The number of hydrogen-bond acceptors (Lipinski definition) is 5. The number of benzene rings is 1. The van der Waals surface area contributed by atoms with Gasteiger partial charge in [-0.3, -0.25) is 14.4 Å². The zero-order valence-electron chi connectivity index (χ0n) is 17.8. The van der Waals surface area contributed by atoms with Gasteiger partial charge < -0.3 is 9.47 Å². The molecular formula is C23H33N3O3. The number of rotatable bonds is 9. The van der Waals surface area contributed by atoms with E-state index < -0.39 is 5.41 Å². The Labute approximate surface area is 173 Å². The molecule has 0 unspecified atom stereocenters. The van der Waals surface area contributed by atoms with Crippen molar-refractivity contribution in [2.45, 2.75) is 52.6 Å². The summed E-state index contributed by atoms with van der Waals surface area (Å²) < 4.78 is 13.4. The van der Waals surface area contributed by atoms with Gasteiger partial charge in [-0.1, -0.05) is 18.2 Å². The number of carbonyl (C=O) groups is 1. The van der Waals surface area contributed by atoms with Crippen LogP contribution in [-0.2, 0) is 16.1 Å². The van der Waals surface area contributed by atoms with E-state index in [-0.39, 0.29) is 5.97 Å². The lowest BCUT2D eigenvalue weighted by Crippen LogP contribution is -2.49. The van der Waals surface area contributed by atoms with Crippen molar-refractivity contribution < 1.29 is 14.3 Å². The van der Waals surface area contributed by atoms with Crippen molar-refractivity contribution in [3.8, 4) is 5.75 Å². The van der Waals surface area contributed by atoms with Gasteiger partial charge in [0.05, 0.1) is 24.8 Å². The number of likely N-dealkylation sites (tertiary alicyclic amines) is 1. The van der Waals surface area contributed by atoms with Crippen LogP contribution in [0.15, 0.2) is 42.7 Å². The third kappa shape index (κ3) is 5.60. The van der Waals surface area contributed by atoms with Gasteiger partial charge in [0.2, 0.25) is 0 Å². The Bertz CT molecular complexity index is 775. The topological polar surface area (TPSA) is 56.6 Å². The second-order valence-corrected chi connectivity index (χ2v) is 8.15. The van der Waals surface area contributed by atoms with Gasteiger partial charge in [0.15, 0.2) is 0 Å². The molecule has 0 spiro atoms. The maximum Gasteiger partial charge on any atom is 0.313 e. The highest BCUT2D eigenvalue weighted by molar-refractivity contribution is 5.77. The van der Waals surface area contributed by atoms with Gasteiger partial charge in [0.25, 0.3) is 0 Å². The third-order valence-electron chi connectivity index (χ3n) is 5.55. The molecule has 0 aliphatic carbocycles. The molecule has 1 aromatic carbocycles. The Morgan fingerprint density at radius 2 is 2.07 bits per heavy atom. The molecule has 1 fully saturated rings. The summed E-state index contributed by atoms with van der Waals surface area (Å²) in [4.78, 5) is 15.3. The van der Waals surface area contributed by atoms with Crippen molar-refractivity contribution in [2.24, 2.45) is 5.41 Å². The number of aromatic nitrogens is 2. The number of hydrogen-bond donors (Lipinski definition) is 0. The van der Waals surface area contributed by atoms with Gasteiger partial charge in [-0.05, 0) is 58.7 Å². The van der Waals surface area contributed by atoms with Gasteiger partial charge in [-0.25, -0.2) is 0 Å². The molecule has 29 heavy (non-hydrogen) atoms. The molecule has 0 N–H and O–H groups in total. The largest absolute Gasteiger partial charge is 0.494 e. The summed E-state index contributed by atoms with van der Waals surface area (Å²) in [6, 6.07) is 10.1. The highest BCUT2D eigenvalue weighted by Crippen LogP contribution is 2.36. The molecule has 6 heteroatoms. The molecule has 6 nitrogen and oxygen atoms in total. The molecule has 2 heterocycles. The smallest absolute Gasteiger partial charge is 0.313 e. The zero-order valence-corrected chi connectivity index (χ0v) is 17.8. The Morgan fingerprint density at radius 3 is 2.76 bits per heavy atom. The van der Waals surface area contributed by atoms with E-state index in [1.165, 1.54) is 5.56 Å². The van der Waals surface area contributed by atoms with Gasteiger partial charge in [-0.2, -0.15) is 5.10 Å². The first-order valence-corrected chi connectivity index (χ1v) is 10.6. The summed E-state index contributed by atoms with van der Waals surface area (Å²) in [6.45, 7) is 9.49. The van der Waals surface area contributed by atoms with Crippen LogP contribution in [0.3, 0.4) is 0 Å². The molecule has 0 radical (unpaired) electrons. The van der Waals surface area contributed by atoms with Crippen LogP contribution in [0.1, 0.15) is 51.6 Å². The molecule has 0 amide bonds.